The number of imide groups is 1. The minimum absolute atomic E-state index is 0.000676. The van der Waals surface area contributed by atoms with Gasteiger partial charge in [-0.1, -0.05) is 93.1 Å². The van der Waals surface area contributed by atoms with Gasteiger partial charge in [-0.15, -0.1) is 0 Å². The van der Waals surface area contributed by atoms with Gasteiger partial charge in [0.25, 0.3) is 0 Å². The lowest BCUT2D eigenvalue weighted by atomic mass is 9.62. The topological polar surface area (TPSA) is 62.5 Å². The van der Waals surface area contributed by atoms with Gasteiger partial charge in [0.05, 0.1) is 35.8 Å². The van der Waals surface area contributed by atoms with E-state index < -0.39 is 11.5 Å². The molecular formula is C35H38N2O3. The summed E-state index contributed by atoms with van der Waals surface area (Å²) in [6.45, 7) is 10.6. The molecule has 4 aromatic rings. The molecule has 3 atom stereocenters. The Morgan fingerprint density at radius 3 is 2.17 bits per heavy atom. The molecule has 5 heteroatoms. The number of amides is 2. The highest BCUT2D eigenvalue weighted by atomic mass is 16.3. The van der Waals surface area contributed by atoms with Crippen molar-refractivity contribution in [2.45, 2.75) is 60.1 Å². The molecular weight excluding hydrogens is 496 g/mol. The Balaban J connectivity index is 1.47. The molecule has 6 rings (SSSR count). The van der Waals surface area contributed by atoms with Crippen LogP contribution in [-0.4, -0.2) is 39.0 Å². The summed E-state index contributed by atoms with van der Waals surface area (Å²) < 4.78 is 2.20. The Morgan fingerprint density at radius 2 is 1.52 bits per heavy atom. The van der Waals surface area contributed by atoms with E-state index in [1.54, 1.807) is 0 Å². The molecule has 2 bridgehead atoms. The molecule has 0 spiro atoms. The second-order valence-electron chi connectivity index (χ2n) is 12.6. The Morgan fingerprint density at radius 1 is 0.900 bits per heavy atom. The smallest absolute Gasteiger partial charge is 0.235 e. The average Bonchev–Trinajstić information content (AvgIpc) is 3.34. The van der Waals surface area contributed by atoms with Crippen molar-refractivity contribution in [1.82, 2.24) is 9.47 Å². The zero-order chi connectivity index (χ0) is 28.4. The van der Waals surface area contributed by atoms with Gasteiger partial charge >= 0.3 is 0 Å². The molecule has 1 aliphatic carbocycles. The van der Waals surface area contributed by atoms with E-state index >= 15 is 0 Å². The zero-order valence-corrected chi connectivity index (χ0v) is 24.1. The minimum Gasteiger partial charge on any atom is -0.389 e. The maximum absolute atomic E-state index is 13.7. The van der Waals surface area contributed by atoms with Gasteiger partial charge in [0, 0.05) is 16.9 Å². The normalized spacial score (nSPS) is 22.8. The van der Waals surface area contributed by atoms with E-state index in [2.05, 4.69) is 66.9 Å². The summed E-state index contributed by atoms with van der Waals surface area (Å²) >= 11 is 0. The summed E-state index contributed by atoms with van der Waals surface area (Å²) in [5, 5.41) is 12.7. The van der Waals surface area contributed by atoms with Gasteiger partial charge < -0.3 is 9.67 Å². The number of nitrogens with zero attached hydrogens (tertiary/aromatic N) is 2. The van der Waals surface area contributed by atoms with Crippen LogP contribution >= 0.6 is 0 Å². The predicted octanol–water partition coefficient (Wildman–Crippen LogP) is 6.76. The summed E-state index contributed by atoms with van der Waals surface area (Å²) in [6.07, 6.45) is 0.515. The molecule has 0 unspecified atom stereocenters. The molecule has 0 radical (unpaired) electrons. The van der Waals surface area contributed by atoms with Crippen molar-refractivity contribution in [3.63, 3.8) is 0 Å². The van der Waals surface area contributed by atoms with Gasteiger partial charge in [-0.2, -0.15) is 0 Å². The lowest BCUT2D eigenvalue weighted by molar-refractivity contribution is -0.169. The molecule has 2 heterocycles. The van der Waals surface area contributed by atoms with Crippen molar-refractivity contribution in [3.05, 3.63) is 83.9 Å². The van der Waals surface area contributed by atoms with Crippen molar-refractivity contribution in [2.24, 2.45) is 16.7 Å². The third-order valence-corrected chi connectivity index (χ3v) is 9.89. The van der Waals surface area contributed by atoms with Gasteiger partial charge in [0.2, 0.25) is 11.8 Å². The number of hydrogen-bond acceptors (Lipinski definition) is 3. The van der Waals surface area contributed by atoms with Crippen LogP contribution in [0.2, 0.25) is 0 Å². The highest BCUT2D eigenvalue weighted by Gasteiger charge is 2.64. The molecule has 1 aliphatic heterocycles. The number of rotatable bonds is 6. The third kappa shape index (κ3) is 3.86. The number of piperidine rings is 1. The number of β-amino-alcohol motifs (C(OH)–C–C–N with tert-alkyl or cyclic N) is 1. The van der Waals surface area contributed by atoms with Crippen molar-refractivity contribution < 1.29 is 14.7 Å². The first kappa shape index (κ1) is 26.5. The van der Waals surface area contributed by atoms with Crippen molar-refractivity contribution in [3.8, 4) is 22.4 Å². The number of likely N-dealkylation sites (tertiary alicyclic amines) is 1. The zero-order valence-electron chi connectivity index (χ0n) is 24.1. The molecule has 40 heavy (non-hydrogen) atoms. The van der Waals surface area contributed by atoms with E-state index in [9.17, 15) is 14.7 Å². The Hall–Kier alpha value is -3.70. The van der Waals surface area contributed by atoms with Crippen LogP contribution in [0.25, 0.3) is 33.3 Å². The van der Waals surface area contributed by atoms with E-state index in [4.69, 9.17) is 0 Å². The molecule has 5 nitrogen and oxygen atoms in total. The second kappa shape index (κ2) is 9.45. The van der Waals surface area contributed by atoms with Crippen molar-refractivity contribution >= 4 is 22.7 Å². The van der Waals surface area contributed by atoms with Gasteiger partial charge in [0.1, 0.15) is 0 Å². The highest BCUT2D eigenvalue weighted by Crippen LogP contribution is 2.60. The van der Waals surface area contributed by atoms with Crippen LogP contribution < -0.4 is 0 Å². The van der Waals surface area contributed by atoms with Crippen LogP contribution in [0, 0.1) is 30.6 Å². The summed E-state index contributed by atoms with van der Waals surface area (Å²) in [5.74, 6) is -0.473. The number of fused-ring (bicyclic) bond motifs is 3. The molecule has 3 aromatic carbocycles. The fourth-order valence-corrected chi connectivity index (χ4v) is 7.41. The third-order valence-electron chi connectivity index (χ3n) is 9.89. The first-order valence-corrected chi connectivity index (χ1v) is 14.3. The van der Waals surface area contributed by atoms with Gasteiger partial charge in [0.15, 0.2) is 0 Å². The van der Waals surface area contributed by atoms with Crippen LogP contribution in [0.5, 0.6) is 0 Å². The average molecular weight is 535 g/mol. The lowest BCUT2D eigenvalue weighted by Crippen LogP contribution is -2.60. The van der Waals surface area contributed by atoms with Crippen molar-refractivity contribution in [1.29, 1.82) is 0 Å². The van der Waals surface area contributed by atoms with E-state index in [0.29, 0.717) is 6.42 Å². The molecule has 1 aromatic heterocycles. The predicted molar refractivity (Wildman–Crippen MR) is 160 cm³/mol. The van der Waals surface area contributed by atoms with Crippen molar-refractivity contribution in [2.75, 3.05) is 6.54 Å². The van der Waals surface area contributed by atoms with Gasteiger partial charge in [-0.3, -0.25) is 14.5 Å². The number of aliphatic hydroxyl groups is 1. The van der Waals surface area contributed by atoms with Crippen LogP contribution in [0.4, 0.5) is 0 Å². The first-order valence-electron chi connectivity index (χ1n) is 14.3. The maximum Gasteiger partial charge on any atom is 0.235 e. The molecule has 2 fully saturated rings. The number of aromatic nitrogens is 1. The number of aliphatic hydroxyl groups excluding tert-OH is 1. The number of aryl methyl sites for hydroxylation is 2. The van der Waals surface area contributed by atoms with Gasteiger partial charge in [-0.05, 0) is 54.9 Å². The van der Waals surface area contributed by atoms with Crippen LogP contribution in [0.1, 0.15) is 44.7 Å². The van der Waals surface area contributed by atoms with Gasteiger partial charge in [-0.25, -0.2) is 0 Å². The number of hydrogen-bond donors (Lipinski definition) is 1. The Kier molecular flexibility index (Phi) is 6.26. The quantitative estimate of drug-likeness (QED) is 0.278. The van der Waals surface area contributed by atoms with E-state index in [1.165, 1.54) is 10.5 Å². The SMILES string of the molecule is Cc1cc(C)c2c(c1)c(-c1ccccc1)c(-c1ccccc1)n2C[C@@H](O)CN1C(=O)[C@@H]2CC[C@@](C)(C1=O)C2(C)C. The summed E-state index contributed by atoms with van der Waals surface area (Å²) in [7, 11) is 0. The Labute approximate surface area is 236 Å². The van der Waals surface area contributed by atoms with E-state index in [1.807, 2.05) is 45.0 Å². The summed E-state index contributed by atoms with van der Waals surface area (Å²) in [5.41, 5.74) is 6.71. The van der Waals surface area contributed by atoms with Crippen LogP contribution in [0.3, 0.4) is 0 Å². The summed E-state index contributed by atoms with van der Waals surface area (Å²) in [4.78, 5) is 28.6. The van der Waals surface area contributed by atoms with Crippen LogP contribution in [0.15, 0.2) is 72.8 Å². The number of carbonyl (C=O) groups excluding carboxylic acids is 2. The van der Waals surface area contributed by atoms with Crippen LogP contribution in [-0.2, 0) is 16.1 Å². The fraction of sp³-hybridized carbons (Fsp3) is 0.371. The monoisotopic (exact) mass is 534 g/mol. The van der Waals surface area contributed by atoms with E-state index in [-0.39, 0.29) is 36.2 Å². The second-order valence-corrected chi connectivity index (χ2v) is 12.6. The minimum atomic E-state index is -0.917. The van der Waals surface area contributed by atoms with E-state index in [0.717, 1.165) is 45.3 Å². The fourth-order valence-electron chi connectivity index (χ4n) is 7.41. The molecule has 1 saturated heterocycles. The molecule has 206 valence electrons. The first-order chi connectivity index (χ1) is 19.0. The molecule has 2 amide bonds. The lowest BCUT2D eigenvalue weighted by Gasteiger charge is -2.48. The number of benzene rings is 3. The molecule has 1 saturated carbocycles. The Bertz CT molecular complexity index is 1620. The standard InChI is InChI=1S/C35H38N2O3/c1-22-18-23(2)30-27(19-22)29(24-12-8-6-9-13-24)31(25-14-10-7-11-15-25)36(30)20-26(38)21-37-32(39)28-16-17-35(5,33(37)40)34(28,3)4/h6-15,18-19,26,28,38H,16-17,20-21H2,1-5H3/t26-,28+,35+/m1/s1. The summed E-state index contributed by atoms with van der Waals surface area (Å²) in [6, 6.07) is 25.0. The molecule has 2 aliphatic rings. The maximum atomic E-state index is 13.7. The highest BCUT2D eigenvalue weighted by molar-refractivity contribution is 6.06. The largest absolute Gasteiger partial charge is 0.389 e. The molecule has 1 N–H and O–H groups in total. The number of carbonyl (C=O) groups is 2.